The predicted molar refractivity (Wildman–Crippen MR) is 168 cm³/mol. The number of ether oxygens (including phenoxy) is 3. The number of carbonyl (C=O) groups is 2. The van der Waals surface area contributed by atoms with Crippen LogP contribution in [0.3, 0.4) is 0 Å². The van der Waals surface area contributed by atoms with Gasteiger partial charge in [0.2, 0.25) is 12.9 Å². The Morgan fingerprint density at radius 1 is 0.911 bits per heavy atom. The highest BCUT2D eigenvalue weighted by Crippen LogP contribution is 2.36. The van der Waals surface area contributed by atoms with E-state index in [0.29, 0.717) is 46.9 Å². The predicted octanol–water partition coefficient (Wildman–Crippen LogP) is 5.44. The fourth-order valence-corrected chi connectivity index (χ4v) is 5.82. The van der Waals surface area contributed by atoms with E-state index in [4.69, 9.17) is 14.2 Å². The van der Waals surface area contributed by atoms with E-state index in [2.05, 4.69) is 15.0 Å². The minimum Gasteiger partial charge on any atom is -0.475 e. The van der Waals surface area contributed by atoms with Crippen molar-refractivity contribution in [1.82, 2.24) is 15.0 Å². The number of hydrogen-bond donors (Lipinski definition) is 2. The van der Waals surface area contributed by atoms with Crippen LogP contribution in [0.4, 0.5) is 0 Å². The van der Waals surface area contributed by atoms with Crippen LogP contribution in [-0.2, 0) is 27.8 Å². The molecular formula is C34H35N3O7S. The van der Waals surface area contributed by atoms with Crippen molar-refractivity contribution in [2.45, 2.75) is 57.1 Å². The standard InChI is InChI=1S/C34H35N3O7S/c1-4-5-25-18-27(33(38)36-20-23-14-16-35-17-15-23)9-12-29(25)44-32(26-8-13-30-31(19-26)43-21-42-30)34(39)37-45(40,41)28-10-6-24(7-11-28)22(2)3/h6-19,22,32H,4-5,20-21H2,1-3H3,(H,36,38)(H,37,39). The van der Waals surface area contributed by atoms with Gasteiger partial charge >= 0.3 is 0 Å². The first-order chi connectivity index (χ1) is 21.6. The molecule has 4 aromatic rings. The third kappa shape index (κ3) is 7.61. The van der Waals surface area contributed by atoms with Crippen LogP contribution in [0.5, 0.6) is 17.2 Å². The molecule has 1 aromatic heterocycles. The first-order valence-electron chi connectivity index (χ1n) is 14.7. The lowest BCUT2D eigenvalue weighted by atomic mass is 10.0. The lowest BCUT2D eigenvalue weighted by Gasteiger charge is -2.22. The Hall–Kier alpha value is -4.90. The highest BCUT2D eigenvalue weighted by atomic mass is 32.2. The summed E-state index contributed by atoms with van der Waals surface area (Å²) >= 11 is 0. The van der Waals surface area contributed by atoms with Crippen LogP contribution in [0, 0.1) is 0 Å². The Morgan fingerprint density at radius 2 is 1.62 bits per heavy atom. The molecule has 5 rings (SSSR count). The number of fused-ring (bicyclic) bond motifs is 1. The molecular weight excluding hydrogens is 594 g/mol. The van der Waals surface area contributed by atoms with Gasteiger partial charge in [-0.15, -0.1) is 0 Å². The summed E-state index contributed by atoms with van der Waals surface area (Å²) < 4.78 is 45.9. The van der Waals surface area contributed by atoms with Gasteiger partial charge in [0.25, 0.3) is 21.8 Å². The second-order valence-corrected chi connectivity index (χ2v) is 12.6. The number of rotatable bonds is 12. The van der Waals surface area contributed by atoms with Crippen molar-refractivity contribution in [3.63, 3.8) is 0 Å². The molecule has 2 N–H and O–H groups in total. The molecule has 1 unspecified atom stereocenters. The molecule has 11 heteroatoms. The van der Waals surface area contributed by atoms with Crippen molar-refractivity contribution in [3.05, 3.63) is 113 Å². The number of benzene rings is 3. The van der Waals surface area contributed by atoms with E-state index in [9.17, 15) is 18.0 Å². The van der Waals surface area contributed by atoms with Crippen molar-refractivity contribution >= 4 is 21.8 Å². The van der Waals surface area contributed by atoms with Crippen molar-refractivity contribution in [2.75, 3.05) is 6.79 Å². The van der Waals surface area contributed by atoms with Crippen LogP contribution in [-0.4, -0.2) is 32.0 Å². The van der Waals surface area contributed by atoms with Crippen molar-refractivity contribution < 1.29 is 32.2 Å². The van der Waals surface area contributed by atoms with Crippen LogP contribution in [0.25, 0.3) is 0 Å². The van der Waals surface area contributed by atoms with E-state index >= 15 is 0 Å². The quantitative estimate of drug-likeness (QED) is 0.212. The Balaban J connectivity index is 1.42. The normalized spacial score (nSPS) is 12.9. The van der Waals surface area contributed by atoms with Crippen molar-refractivity contribution in [2.24, 2.45) is 0 Å². The third-order valence-corrected chi connectivity index (χ3v) is 8.68. The topological polar surface area (TPSA) is 133 Å². The maximum Gasteiger partial charge on any atom is 0.279 e. The van der Waals surface area contributed by atoms with Gasteiger partial charge in [0.1, 0.15) is 5.75 Å². The number of nitrogens with zero attached hydrogens (tertiary/aromatic N) is 1. The molecule has 1 aliphatic rings. The molecule has 0 saturated heterocycles. The summed E-state index contributed by atoms with van der Waals surface area (Å²) in [5.74, 6) is 0.328. The minimum absolute atomic E-state index is 0.0304. The molecule has 2 amide bonds. The molecule has 3 aromatic carbocycles. The fourth-order valence-electron chi connectivity index (χ4n) is 4.84. The van der Waals surface area contributed by atoms with E-state index < -0.39 is 22.0 Å². The molecule has 45 heavy (non-hydrogen) atoms. The molecule has 0 bridgehead atoms. The van der Waals surface area contributed by atoms with Gasteiger partial charge in [-0.05, 0) is 83.6 Å². The summed E-state index contributed by atoms with van der Waals surface area (Å²) in [6.07, 6.45) is 3.24. The lowest BCUT2D eigenvalue weighted by Crippen LogP contribution is -2.37. The number of aromatic nitrogens is 1. The van der Waals surface area contributed by atoms with Gasteiger partial charge in [0.05, 0.1) is 4.90 Å². The fraction of sp³-hybridized carbons (Fsp3) is 0.265. The number of sulfonamides is 1. The van der Waals surface area contributed by atoms with Crippen LogP contribution >= 0.6 is 0 Å². The van der Waals surface area contributed by atoms with Crippen LogP contribution in [0.2, 0.25) is 0 Å². The highest BCUT2D eigenvalue weighted by Gasteiger charge is 2.30. The molecule has 2 heterocycles. The monoisotopic (exact) mass is 629 g/mol. The maximum atomic E-state index is 13.7. The summed E-state index contributed by atoms with van der Waals surface area (Å²) in [5.41, 5.74) is 3.37. The lowest BCUT2D eigenvalue weighted by molar-refractivity contribution is -0.126. The van der Waals surface area contributed by atoms with Gasteiger partial charge in [-0.2, -0.15) is 0 Å². The maximum absolute atomic E-state index is 13.7. The van der Waals surface area contributed by atoms with Gasteiger partial charge < -0.3 is 19.5 Å². The van der Waals surface area contributed by atoms with E-state index in [1.807, 2.05) is 32.9 Å². The molecule has 10 nitrogen and oxygen atoms in total. The molecule has 0 aliphatic carbocycles. The molecule has 0 radical (unpaired) electrons. The van der Waals surface area contributed by atoms with Crippen LogP contribution < -0.4 is 24.2 Å². The van der Waals surface area contributed by atoms with Gasteiger partial charge in [0.15, 0.2) is 11.5 Å². The second kappa shape index (κ2) is 13.8. The largest absolute Gasteiger partial charge is 0.475 e. The van der Waals surface area contributed by atoms with E-state index in [-0.39, 0.29) is 23.5 Å². The zero-order chi connectivity index (χ0) is 32.0. The first-order valence-corrected chi connectivity index (χ1v) is 16.2. The second-order valence-electron chi connectivity index (χ2n) is 10.9. The Bertz CT molecular complexity index is 1780. The minimum atomic E-state index is -4.22. The summed E-state index contributed by atoms with van der Waals surface area (Å²) in [6.45, 7) is 6.37. The summed E-state index contributed by atoms with van der Waals surface area (Å²) in [7, 11) is -4.22. The zero-order valence-electron chi connectivity index (χ0n) is 25.3. The smallest absolute Gasteiger partial charge is 0.279 e. The summed E-state index contributed by atoms with van der Waals surface area (Å²) in [6, 6.07) is 19.9. The Kier molecular flexibility index (Phi) is 9.68. The number of hydrogen-bond acceptors (Lipinski definition) is 8. The summed E-state index contributed by atoms with van der Waals surface area (Å²) in [5, 5.41) is 2.90. The van der Waals surface area contributed by atoms with Crippen LogP contribution in [0.15, 0.2) is 90.1 Å². The molecule has 1 atom stereocenters. The number of aryl methyl sites for hydroxylation is 1. The molecule has 1 aliphatic heterocycles. The van der Waals surface area contributed by atoms with Crippen LogP contribution in [0.1, 0.15) is 71.8 Å². The first kappa shape index (κ1) is 31.5. The van der Waals surface area contributed by atoms with E-state index in [1.165, 1.54) is 12.1 Å². The molecule has 234 valence electrons. The van der Waals surface area contributed by atoms with Gasteiger partial charge in [0, 0.05) is 30.1 Å². The van der Waals surface area contributed by atoms with Gasteiger partial charge in [-0.25, -0.2) is 13.1 Å². The number of amides is 2. The van der Waals surface area contributed by atoms with E-state index in [1.54, 1.807) is 60.9 Å². The van der Waals surface area contributed by atoms with Gasteiger partial charge in [-0.3, -0.25) is 14.6 Å². The number of carbonyl (C=O) groups excluding carboxylic acids is 2. The number of pyridine rings is 1. The highest BCUT2D eigenvalue weighted by molar-refractivity contribution is 7.90. The SMILES string of the molecule is CCCc1cc(C(=O)NCc2ccncc2)ccc1OC(C(=O)NS(=O)(=O)c1ccc(C(C)C)cc1)c1ccc2c(c1)OCO2. The van der Waals surface area contributed by atoms with E-state index in [0.717, 1.165) is 17.5 Å². The zero-order valence-corrected chi connectivity index (χ0v) is 26.1. The Morgan fingerprint density at radius 3 is 2.33 bits per heavy atom. The summed E-state index contributed by atoms with van der Waals surface area (Å²) in [4.78, 5) is 30.6. The molecule has 0 spiro atoms. The Labute approximate surface area is 262 Å². The average Bonchev–Trinajstić information content (AvgIpc) is 3.51. The molecule has 0 saturated carbocycles. The molecule has 0 fully saturated rings. The van der Waals surface area contributed by atoms with Crippen molar-refractivity contribution in [3.8, 4) is 17.2 Å². The third-order valence-electron chi connectivity index (χ3n) is 7.32. The van der Waals surface area contributed by atoms with Gasteiger partial charge in [-0.1, -0.05) is 45.4 Å². The van der Waals surface area contributed by atoms with Crippen molar-refractivity contribution in [1.29, 1.82) is 0 Å². The average molecular weight is 630 g/mol. The number of nitrogens with one attached hydrogen (secondary N) is 2.